The minimum Gasteiger partial charge on any atom is -0.480 e. The normalized spacial score (nSPS) is 10.7. The van der Waals surface area contributed by atoms with Crippen LogP contribution in [0.15, 0.2) is 18.2 Å². The topological polar surface area (TPSA) is 83.7 Å². The first-order valence-corrected chi connectivity index (χ1v) is 6.18. The number of carbonyl (C=O) groups is 1. The van der Waals surface area contributed by atoms with E-state index in [1.54, 1.807) is 11.0 Å². The van der Waals surface area contributed by atoms with Crippen LogP contribution in [0.2, 0.25) is 5.02 Å². The summed E-state index contributed by atoms with van der Waals surface area (Å²) in [5, 5.41) is 19.7. The van der Waals surface area contributed by atoms with Gasteiger partial charge in [-0.2, -0.15) is 0 Å². The van der Waals surface area contributed by atoms with Crippen LogP contribution in [-0.4, -0.2) is 34.0 Å². The lowest BCUT2D eigenvalue weighted by molar-refractivity contribution is -0.384. The van der Waals surface area contributed by atoms with Crippen molar-refractivity contribution in [2.75, 3.05) is 13.1 Å². The van der Waals surface area contributed by atoms with Crippen LogP contribution in [0.25, 0.3) is 0 Å². The molecule has 1 rings (SSSR count). The summed E-state index contributed by atoms with van der Waals surface area (Å²) >= 11 is 5.72. The summed E-state index contributed by atoms with van der Waals surface area (Å²) in [4.78, 5) is 22.7. The highest BCUT2D eigenvalue weighted by Crippen LogP contribution is 2.25. The molecular weight excluding hydrogens is 272 g/mol. The van der Waals surface area contributed by atoms with Crippen molar-refractivity contribution >= 4 is 23.3 Å². The van der Waals surface area contributed by atoms with E-state index < -0.39 is 10.9 Å². The Morgan fingerprint density at radius 2 is 2.21 bits per heavy atom. The molecule has 1 aromatic carbocycles. The van der Waals surface area contributed by atoms with Crippen molar-refractivity contribution in [3.63, 3.8) is 0 Å². The Morgan fingerprint density at radius 1 is 1.53 bits per heavy atom. The number of halogens is 1. The van der Waals surface area contributed by atoms with Gasteiger partial charge in [0.15, 0.2) is 0 Å². The molecule has 0 amide bonds. The third-order valence-electron chi connectivity index (χ3n) is 2.51. The van der Waals surface area contributed by atoms with Crippen LogP contribution in [0.1, 0.15) is 18.9 Å². The van der Waals surface area contributed by atoms with Gasteiger partial charge in [-0.3, -0.25) is 19.8 Å². The van der Waals surface area contributed by atoms with E-state index >= 15 is 0 Å². The van der Waals surface area contributed by atoms with Gasteiger partial charge in [0.1, 0.15) is 5.02 Å². The Balaban J connectivity index is 2.87. The summed E-state index contributed by atoms with van der Waals surface area (Å²) in [7, 11) is 0. The second kappa shape index (κ2) is 7.06. The number of aliphatic carboxylic acids is 1. The fraction of sp³-hybridized carbons (Fsp3) is 0.417. The highest BCUT2D eigenvalue weighted by Gasteiger charge is 2.15. The molecule has 7 heteroatoms. The van der Waals surface area contributed by atoms with Gasteiger partial charge in [-0.1, -0.05) is 24.6 Å². The first kappa shape index (κ1) is 15.4. The Kier molecular flexibility index (Phi) is 5.72. The molecule has 0 radical (unpaired) electrons. The summed E-state index contributed by atoms with van der Waals surface area (Å²) in [6, 6.07) is 4.51. The van der Waals surface area contributed by atoms with Gasteiger partial charge in [0.2, 0.25) is 0 Å². The van der Waals surface area contributed by atoms with E-state index in [9.17, 15) is 14.9 Å². The number of benzene rings is 1. The third-order valence-corrected chi connectivity index (χ3v) is 2.83. The molecule has 1 aromatic rings. The minimum absolute atomic E-state index is 0.0778. The quantitative estimate of drug-likeness (QED) is 0.615. The van der Waals surface area contributed by atoms with Crippen molar-refractivity contribution in [3.05, 3.63) is 38.9 Å². The Hall–Kier alpha value is -1.66. The fourth-order valence-corrected chi connectivity index (χ4v) is 1.96. The smallest absolute Gasteiger partial charge is 0.317 e. The van der Waals surface area contributed by atoms with Crippen LogP contribution >= 0.6 is 11.6 Å². The molecule has 0 heterocycles. The molecule has 0 bridgehead atoms. The highest BCUT2D eigenvalue weighted by molar-refractivity contribution is 6.32. The number of hydrogen-bond donors (Lipinski definition) is 1. The highest BCUT2D eigenvalue weighted by atomic mass is 35.5. The van der Waals surface area contributed by atoms with Gasteiger partial charge < -0.3 is 5.11 Å². The van der Waals surface area contributed by atoms with Gasteiger partial charge >= 0.3 is 5.97 Å². The van der Waals surface area contributed by atoms with Gasteiger partial charge in [-0.05, 0) is 24.6 Å². The second-order valence-corrected chi connectivity index (χ2v) is 4.55. The van der Waals surface area contributed by atoms with Crippen molar-refractivity contribution in [3.8, 4) is 0 Å². The van der Waals surface area contributed by atoms with Crippen LogP contribution in [0.3, 0.4) is 0 Å². The van der Waals surface area contributed by atoms with Crippen LogP contribution in [0.5, 0.6) is 0 Å². The Morgan fingerprint density at radius 3 is 2.74 bits per heavy atom. The summed E-state index contributed by atoms with van der Waals surface area (Å²) in [5.74, 6) is -0.920. The zero-order valence-electron chi connectivity index (χ0n) is 10.5. The van der Waals surface area contributed by atoms with E-state index in [0.717, 1.165) is 6.42 Å². The van der Waals surface area contributed by atoms with Gasteiger partial charge in [0, 0.05) is 12.6 Å². The zero-order chi connectivity index (χ0) is 14.4. The summed E-state index contributed by atoms with van der Waals surface area (Å²) < 4.78 is 0. The first-order valence-electron chi connectivity index (χ1n) is 5.81. The van der Waals surface area contributed by atoms with E-state index in [0.29, 0.717) is 18.7 Å². The van der Waals surface area contributed by atoms with Crippen LogP contribution in [0, 0.1) is 10.1 Å². The number of hydrogen-bond acceptors (Lipinski definition) is 4. The fourth-order valence-electron chi connectivity index (χ4n) is 1.78. The first-order chi connectivity index (χ1) is 8.93. The van der Waals surface area contributed by atoms with Crippen molar-refractivity contribution in [1.82, 2.24) is 4.90 Å². The average Bonchev–Trinajstić information content (AvgIpc) is 2.30. The van der Waals surface area contributed by atoms with Gasteiger partial charge in [-0.15, -0.1) is 0 Å². The van der Waals surface area contributed by atoms with E-state index in [1.807, 2.05) is 6.92 Å². The Labute approximate surface area is 115 Å². The molecule has 0 saturated heterocycles. The SMILES string of the molecule is CCCN(CC(=O)O)Cc1ccc(Cl)c([N+](=O)[O-])c1. The number of nitrogens with zero attached hydrogens (tertiary/aromatic N) is 2. The third kappa shape index (κ3) is 4.84. The maximum atomic E-state index is 10.8. The maximum absolute atomic E-state index is 10.8. The predicted molar refractivity (Wildman–Crippen MR) is 71.3 cm³/mol. The Bertz CT molecular complexity index is 479. The molecule has 6 nitrogen and oxygen atoms in total. The largest absolute Gasteiger partial charge is 0.480 e. The lowest BCUT2D eigenvalue weighted by Gasteiger charge is -2.19. The molecule has 0 aliphatic carbocycles. The van der Waals surface area contributed by atoms with Crippen molar-refractivity contribution in [1.29, 1.82) is 0 Å². The second-order valence-electron chi connectivity index (χ2n) is 4.15. The van der Waals surface area contributed by atoms with Crippen LogP contribution < -0.4 is 0 Å². The number of rotatable bonds is 7. The zero-order valence-corrected chi connectivity index (χ0v) is 11.3. The number of nitro groups is 1. The average molecular weight is 287 g/mol. The summed E-state index contributed by atoms with van der Waals surface area (Å²) in [6.45, 7) is 2.81. The molecule has 0 aliphatic rings. The van der Waals surface area contributed by atoms with E-state index in [4.69, 9.17) is 16.7 Å². The molecule has 0 saturated carbocycles. The standard InChI is InChI=1S/C12H15ClN2O4/c1-2-5-14(8-12(16)17)7-9-3-4-10(13)11(6-9)15(18)19/h3-4,6H,2,5,7-8H2,1H3,(H,16,17). The lowest BCUT2D eigenvalue weighted by Crippen LogP contribution is -2.30. The maximum Gasteiger partial charge on any atom is 0.317 e. The van der Waals surface area contributed by atoms with Crippen molar-refractivity contribution in [2.45, 2.75) is 19.9 Å². The minimum atomic E-state index is -0.920. The molecule has 104 valence electrons. The summed E-state index contributed by atoms with van der Waals surface area (Å²) in [6.07, 6.45) is 0.808. The van der Waals surface area contributed by atoms with E-state index in [2.05, 4.69) is 0 Å². The van der Waals surface area contributed by atoms with Crippen LogP contribution in [-0.2, 0) is 11.3 Å². The van der Waals surface area contributed by atoms with Gasteiger partial charge in [0.05, 0.1) is 11.5 Å². The molecule has 0 aromatic heterocycles. The molecule has 1 N–H and O–H groups in total. The van der Waals surface area contributed by atoms with Crippen LogP contribution in [0.4, 0.5) is 5.69 Å². The number of nitro benzene ring substituents is 1. The van der Waals surface area contributed by atoms with E-state index in [-0.39, 0.29) is 17.3 Å². The van der Waals surface area contributed by atoms with Crippen molar-refractivity contribution in [2.24, 2.45) is 0 Å². The molecule has 0 atom stereocenters. The monoisotopic (exact) mass is 286 g/mol. The molecule has 0 aliphatic heterocycles. The predicted octanol–water partition coefficient (Wildman–Crippen LogP) is 2.54. The number of carboxylic acid groups (broad SMARTS) is 1. The molecule has 0 fully saturated rings. The number of carboxylic acids is 1. The lowest BCUT2D eigenvalue weighted by atomic mass is 10.2. The molecule has 0 spiro atoms. The van der Waals surface area contributed by atoms with E-state index in [1.165, 1.54) is 12.1 Å². The van der Waals surface area contributed by atoms with Gasteiger partial charge in [-0.25, -0.2) is 0 Å². The van der Waals surface area contributed by atoms with Crippen molar-refractivity contribution < 1.29 is 14.8 Å². The summed E-state index contributed by atoms with van der Waals surface area (Å²) in [5.41, 5.74) is 0.511. The molecule has 19 heavy (non-hydrogen) atoms. The van der Waals surface area contributed by atoms with Gasteiger partial charge in [0.25, 0.3) is 5.69 Å². The molecular formula is C12H15ClN2O4. The molecule has 0 unspecified atom stereocenters.